The molecule has 6 heteroatoms. The Morgan fingerprint density at radius 3 is 2.56 bits per heavy atom. The number of hydrogen-bond acceptors (Lipinski definition) is 5. The molecule has 0 fully saturated rings. The largest absolute Gasteiger partial charge is 0.364 e. The number of para-hydroxylation sites is 1. The topological polar surface area (TPSA) is 107 Å². The Balaban J connectivity index is 2.21. The van der Waals surface area contributed by atoms with Crippen molar-refractivity contribution >= 4 is 17.4 Å². The molecule has 1 amide bonds. The highest BCUT2D eigenvalue weighted by Crippen LogP contribution is 2.18. The first-order chi connectivity index (χ1) is 8.70. The zero-order valence-corrected chi connectivity index (χ0v) is 9.63. The van der Waals surface area contributed by atoms with Gasteiger partial charge in [-0.25, -0.2) is 0 Å². The zero-order chi connectivity index (χ0) is 13.0. The number of hydrogen-bond donors (Lipinski definition) is 3. The standard InChI is InChI=1S/C12H13N5O/c13-7-8-3-1-2-4-9(8)15-11-6-5-10(12(14)18)16-17-11/h1-6H,7,13H2,(H2,14,18)(H,15,17). The Bertz CT molecular complexity index is 553. The summed E-state index contributed by atoms with van der Waals surface area (Å²) in [5.41, 5.74) is 12.7. The fraction of sp³-hybridized carbons (Fsp3) is 0.0833. The molecule has 0 radical (unpaired) electrons. The molecule has 0 unspecified atom stereocenters. The van der Waals surface area contributed by atoms with Gasteiger partial charge >= 0.3 is 0 Å². The van der Waals surface area contributed by atoms with Gasteiger partial charge in [0.2, 0.25) is 0 Å². The zero-order valence-electron chi connectivity index (χ0n) is 9.63. The lowest BCUT2D eigenvalue weighted by atomic mass is 10.2. The molecule has 1 aromatic carbocycles. The van der Waals surface area contributed by atoms with E-state index in [1.54, 1.807) is 6.07 Å². The van der Waals surface area contributed by atoms with E-state index in [1.165, 1.54) is 6.07 Å². The molecule has 0 aliphatic rings. The molecule has 18 heavy (non-hydrogen) atoms. The number of anilines is 2. The van der Waals surface area contributed by atoms with Crippen LogP contribution in [0.5, 0.6) is 0 Å². The minimum Gasteiger partial charge on any atom is -0.364 e. The second-order valence-corrected chi connectivity index (χ2v) is 3.65. The van der Waals surface area contributed by atoms with Crippen LogP contribution in [0.4, 0.5) is 11.5 Å². The molecule has 5 N–H and O–H groups in total. The number of nitrogens with zero attached hydrogens (tertiary/aromatic N) is 2. The molecule has 1 aromatic heterocycles. The van der Waals surface area contributed by atoms with Crippen LogP contribution in [0.1, 0.15) is 16.1 Å². The van der Waals surface area contributed by atoms with Crippen molar-refractivity contribution in [2.45, 2.75) is 6.54 Å². The highest BCUT2D eigenvalue weighted by Gasteiger charge is 2.04. The molecule has 0 bridgehead atoms. The lowest BCUT2D eigenvalue weighted by Crippen LogP contribution is -2.14. The summed E-state index contributed by atoms with van der Waals surface area (Å²) < 4.78 is 0. The number of rotatable bonds is 4. The number of carbonyl (C=O) groups is 1. The molecule has 2 rings (SSSR count). The minimum absolute atomic E-state index is 0.132. The van der Waals surface area contributed by atoms with Crippen molar-refractivity contribution in [3.63, 3.8) is 0 Å². The Morgan fingerprint density at radius 1 is 1.17 bits per heavy atom. The molecule has 6 nitrogen and oxygen atoms in total. The van der Waals surface area contributed by atoms with Crippen LogP contribution >= 0.6 is 0 Å². The fourth-order valence-electron chi connectivity index (χ4n) is 1.49. The van der Waals surface area contributed by atoms with Gasteiger partial charge in [0.1, 0.15) is 0 Å². The van der Waals surface area contributed by atoms with Gasteiger partial charge in [-0.3, -0.25) is 4.79 Å². The van der Waals surface area contributed by atoms with Gasteiger partial charge in [-0.05, 0) is 23.8 Å². The molecule has 0 aliphatic heterocycles. The van der Waals surface area contributed by atoms with Crippen molar-refractivity contribution in [2.24, 2.45) is 11.5 Å². The molecule has 0 saturated carbocycles. The van der Waals surface area contributed by atoms with Gasteiger partial charge in [0.05, 0.1) is 0 Å². The molecular weight excluding hydrogens is 230 g/mol. The number of aromatic nitrogens is 2. The van der Waals surface area contributed by atoms with Gasteiger partial charge in [0.25, 0.3) is 5.91 Å². The maximum atomic E-state index is 10.9. The van der Waals surface area contributed by atoms with E-state index in [2.05, 4.69) is 15.5 Å². The SMILES string of the molecule is NCc1ccccc1Nc1ccc(C(N)=O)nn1. The summed E-state index contributed by atoms with van der Waals surface area (Å²) in [4.78, 5) is 10.9. The van der Waals surface area contributed by atoms with E-state index in [4.69, 9.17) is 11.5 Å². The molecule has 2 aromatic rings. The van der Waals surface area contributed by atoms with E-state index in [1.807, 2.05) is 24.3 Å². The number of carbonyl (C=O) groups excluding carboxylic acids is 1. The lowest BCUT2D eigenvalue weighted by molar-refractivity contribution is 0.0994. The second kappa shape index (κ2) is 5.24. The van der Waals surface area contributed by atoms with Crippen molar-refractivity contribution in [2.75, 3.05) is 5.32 Å². The summed E-state index contributed by atoms with van der Waals surface area (Å²) in [6.45, 7) is 0.427. The van der Waals surface area contributed by atoms with Crippen LogP contribution < -0.4 is 16.8 Å². The smallest absolute Gasteiger partial charge is 0.269 e. The van der Waals surface area contributed by atoms with Crippen LogP contribution in [-0.4, -0.2) is 16.1 Å². The van der Waals surface area contributed by atoms with Crippen LogP contribution in [-0.2, 0) is 6.54 Å². The van der Waals surface area contributed by atoms with Crippen molar-refractivity contribution in [1.29, 1.82) is 0 Å². The monoisotopic (exact) mass is 243 g/mol. The van der Waals surface area contributed by atoms with Crippen molar-refractivity contribution in [3.05, 3.63) is 47.7 Å². The highest BCUT2D eigenvalue weighted by molar-refractivity contribution is 5.90. The van der Waals surface area contributed by atoms with E-state index >= 15 is 0 Å². The van der Waals surface area contributed by atoms with Crippen LogP contribution in [0, 0.1) is 0 Å². The van der Waals surface area contributed by atoms with Crippen molar-refractivity contribution < 1.29 is 4.79 Å². The van der Waals surface area contributed by atoms with Crippen LogP contribution in [0.2, 0.25) is 0 Å². The van der Waals surface area contributed by atoms with Gasteiger partial charge in [0, 0.05) is 12.2 Å². The van der Waals surface area contributed by atoms with Crippen LogP contribution in [0.25, 0.3) is 0 Å². The first-order valence-electron chi connectivity index (χ1n) is 5.39. The predicted octanol–water partition coefficient (Wildman–Crippen LogP) is 0.778. The lowest BCUT2D eigenvalue weighted by Gasteiger charge is -2.09. The number of nitrogens with one attached hydrogen (secondary N) is 1. The Morgan fingerprint density at radius 2 is 1.94 bits per heavy atom. The number of nitrogens with two attached hydrogens (primary N) is 2. The second-order valence-electron chi connectivity index (χ2n) is 3.65. The van der Waals surface area contributed by atoms with Crippen molar-refractivity contribution in [3.8, 4) is 0 Å². The van der Waals surface area contributed by atoms with Gasteiger partial charge in [0.15, 0.2) is 11.5 Å². The highest BCUT2D eigenvalue weighted by atomic mass is 16.1. The molecular formula is C12H13N5O. The number of primary amides is 1. The Kier molecular flexibility index (Phi) is 3.49. The van der Waals surface area contributed by atoms with Crippen molar-refractivity contribution in [1.82, 2.24) is 10.2 Å². The minimum atomic E-state index is -0.601. The van der Waals surface area contributed by atoms with E-state index in [-0.39, 0.29) is 5.69 Å². The van der Waals surface area contributed by atoms with Gasteiger partial charge in [-0.1, -0.05) is 18.2 Å². The van der Waals surface area contributed by atoms with Gasteiger partial charge in [-0.15, -0.1) is 10.2 Å². The maximum absolute atomic E-state index is 10.9. The molecule has 0 atom stereocenters. The van der Waals surface area contributed by atoms with Crippen LogP contribution in [0.15, 0.2) is 36.4 Å². The third-order valence-corrected chi connectivity index (χ3v) is 2.42. The Labute approximate surface area is 104 Å². The van der Waals surface area contributed by atoms with Gasteiger partial charge < -0.3 is 16.8 Å². The maximum Gasteiger partial charge on any atom is 0.269 e. The van der Waals surface area contributed by atoms with E-state index < -0.39 is 5.91 Å². The summed E-state index contributed by atoms with van der Waals surface area (Å²) in [6, 6.07) is 10.8. The summed E-state index contributed by atoms with van der Waals surface area (Å²) >= 11 is 0. The van der Waals surface area contributed by atoms with Crippen LogP contribution in [0.3, 0.4) is 0 Å². The number of amides is 1. The van der Waals surface area contributed by atoms with Gasteiger partial charge in [-0.2, -0.15) is 0 Å². The normalized spacial score (nSPS) is 10.1. The first-order valence-corrected chi connectivity index (χ1v) is 5.39. The predicted molar refractivity (Wildman–Crippen MR) is 68.2 cm³/mol. The quantitative estimate of drug-likeness (QED) is 0.735. The summed E-state index contributed by atoms with van der Waals surface area (Å²) in [7, 11) is 0. The average Bonchev–Trinajstić information content (AvgIpc) is 2.40. The third kappa shape index (κ3) is 2.61. The third-order valence-electron chi connectivity index (χ3n) is 2.42. The summed E-state index contributed by atoms with van der Waals surface area (Å²) in [6.07, 6.45) is 0. The fourth-order valence-corrected chi connectivity index (χ4v) is 1.49. The van der Waals surface area contributed by atoms with E-state index in [9.17, 15) is 4.79 Å². The van der Waals surface area contributed by atoms with E-state index in [0.29, 0.717) is 12.4 Å². The molecule has 0 aliphatic carbocycles. The molecule has 0 spiro atoms. The molecule has 92 valence electrons. The first kappa shape index (κ1) is 12.0. The summed E-state index contributed by atoms with van der Waals surface area (Å²) in [5.74, 6) is -0.0719. The summed E-state index contributed by atoms with van der Waals surface area (Å²) in [5, 5.41) is 10.7. The average molecular weight is 243 g/mol. The number of benzene rings is 1. The molecule has 1 heterocycles. The molecule has 0 saturated heterocycles. The Hall–Kier alpha value is -2.47. The van der Waals surface area contributed by atoms with E-state index in [0.717, 1.165) is 11.3 Å².